The van der Waals surface area contributed by atoms with Crippen LogP contribution in [0.2, 0.25) is 0 Å². The van der Waals surface area contributed by atoms with Gasteiger partial charge in [-0.2, -0.15) is 0 Å². The van der Waals surface area contributed by atoms with Crippen molar-refractivity contribution in [1.82, 2.24) is 14.4 Å². The number of hydrogen-bond donors (Lipinski definition) is 0. The number of amides is 1. The second-order valence-electron chi connectivity index (χ2n) is 8.37. The average Bonchev–Trinajstić information content (AvgIpc) is 3.12. The summed E-state index contributed by atoms with van der Waals surface area (Å²) in [6.07, 6.45) is 9.66. The molecule has 1 amide bonds. The van der Waals surface area contributed by atoms with Crippen molar-refractivity contribution in [2.75, 3.05) is 33.4 Å². The Morgan fingerprint density at radius 1 is 1.32 bits per heavy atom. The van der Waals surface area contributed by atoms with Crippen LogP contribution in [-0.2, 0) is 11.8 Å². The van der Waals surface area contributed by atoms with Crippen LogP contribution >= 0.6 is 0 Å². The van der Waals surface area contributed by atoms with Crippen LogP contribution < -0.4 is 0 Å². The van der Waals surface area contributed by atoms with Gasteiger partial charge < -0.3 is 19.1 Å². The number of rotatable bonds is 4. The van der Waals surface area contributed by atoms with Crippen molar-refractivity contribution in [2.45, 2.75) is 50.6 Å². The third kappa shape index (κ3) is 3.13. The van der Waals surface area contributed by atoms with Gasteiger partial charge >= 0.3 is 0 Å². The van der Waals surface area contributed by atoms with E-state index >= 15 is 0 Å². The highest BCUT2D eigenvalue weighted by molar-refractivity contribution is 5.93. The van der Waals surface area contributed by atoms with Gasteiger partial charge in [0, 0.05) is 32.9 Å². The summed E-state index contributed by atoms with van der Waals surface area (Å²) in [7, 11) is 3.69. The van der Waals surface area contributed by atoms with Gasteiger partial charge in [-0.05, 0) is 62.7 Å². The predicted octanol–water partition coefficient (Wildman–Crippen LogP) is 2.52. The number of likely N-dealkylation sites (tertiary alicyclic amines) is 2. The average molecular weight is 345 g/mol. The van der Waals surface area contributed by atoms with Crippen LogP contribution in [0.25, 0.3) is 0 Å². The fourth-order valence-electron chi connectivity index (χ4n) is 5.05. The molecule has 1 aromatic heterocycles. The SMILES string of the molecule is COCC1CC2(CCN(C3CCC3)CC2)CN1C(=O)c1cccn1C. The molecule has 1 aromatic rings. The molecule has 5 nitrogen and oxygen atoms in total. The zero-order chi connectivity index (χ0) is 17.4. The lowest BCUT2D eigenvalue weighted by Crippen LogP contribution is -2.48. The zero-order valence-electron chi connectivity index (χ0n) is 15.6. The minimum absolute atomic E-state index is 0.160. The fourth-order valence-corrected chi connectivity index (χ4v) is 5.05. The maximum atomic E-state index is 13.1. The van der Waals surface area contributed by atoms with Gasteiger partial charge in [0.25, 0.3) is 5.91 Å². The van der Waals surface area contributed by atoms with Gasteiger partial charge in [-0.1, -0.05) is 6.42 Å². The van der Waals surface area contributed by atoms with E-state index in [-0.39, 0.29) is 11.9 Å². The summed E-state index contributed by atoms with van der Waals surface area (Å²) in [4.78, 5) is 17.9. The molecule has 0 aromatic carbocycles. The maximum Gasteiger partial charge on any atom is 0.270 e. The lowest BCUT2D eigenvalue weighted by molar-refractivity contribution is 0.0443. The van der Waals surface area contributed by atoms with E-state index in [1.165, 1.54) is 45.2 Å². The van der Waals surface area contributed by atoms with E-state index in [2.05, 4.69) is 9.80 Å². The Bertz CT molecular complexity index is 614. The first kappa shape index (κ1) is 17.1. The first-order valence-corrected chi connectivity index (χ1v) is 9.77. The summed E-state index contributed by atoms with van der Waals surface area (Å²) < 4.78 is 7.39. The van der Waals surface area contributed by atoms with E-state index in [9.17, 15) is 4.79 Å². The van der Waals surface area contributed by atoms with Crippen LogP contribution in [0, 0.1) is 5.41 Å². The Labute approximate surface area is 150 Å². The number of carbonyl (C=O) groups is 1. The van der Waals surface area contributed by atoms with Crippen LogP contribution in [0.1, 0.15) is 49.0 Å². The molecule has 1 atom stereocenters. The molecule has 1 saturated carbocycles. The van der Waals surface area contributed by atoms with E-state index in [4.69, 9.17) is 4.74 Å². The fraction of sp³-hybridized carbons (Fsp3) is 0.750. The normalized spacial score (nSPS) is 27.0. The van der Waals surface area contributed by atoms with Crippen LogP contribution in [0.15, 0.2) is 18.3 Å². The van der Waals surface area contributed by atoms with E-state index in [1.54, 1.807) is 7.11 Å². The summed E-state index contributed by atoms with van der Waals surface area (Å²) in [5.74, 6) is 0.160. The van der Waals surface area contributed by atoms with E-state index in [0.717, 1.165) is 24.7 Å². The van der Waals surface area contributed by atoms with Crippen molar-refractivity contribution >= 4 is 5.91 Å². The van der Waals surface area contributed by atoms with Crippen LogP contribution in [-0.4, -0.2) is 65.7 Å². The van der Waals surface area contributed by atoms with Gasteiger partial charge in [0.1, 0.15) is 5.69 Å². The molecule has 3 aliphatic rings. The number of methoxy groups -OCH3 is 1. The lowest BCUT2D eigenvalue weighted by atomic mass is 9.75. The first-order chi connectivity index (χ1) is 12.1. The van der Waals surface area contributed by atoms with Crippen molar-refractivity contribution in [3.05, 3.63) is 24.0 Å². The number of nitrogens with zero attached hydrogens (tertiary/aromatic N) is 3. The standard InChI is InChI=1S/C20H31N3O2/c1-21-10-4-7-18(21)19(24)23-15-20(13-17(23)14-25-2)8-11-22(12-9-20)16-5-3-6-16/h4,7,10,16-17H,3,5-6,8-9,11-15H2,1-2H3. The van der Waals surface area contributed by atoms with Crippen molar-refractivity contribution in [3.8, 4) is 0 Å². The van der Waals surface area contributed by atoms with Gasteiger partial charge in [0.05, 0.1) is 12.6 Å². The topological polar surface area (TPSA) is 37.7 Å². The van der Waals surface area contributed by atoms with Gasteiger partial charge in [-0.25, -0.2) is 0 Å². The predicted molar refractivity (Wildman–Crippen MR) is 97.6 cm³/mol. The van der Waals surface area contributed by atoms with E-state index < -0.39 is 0 Å². The zero-order valence-corrected chi connectivity index (χ0v) is 15.6. The maximum absolute atomic E-state index is 13.1. The largest absolute Gasteiger partial charge is 0.383 e. The molecule has 4 rings (SSSR count). The van der Waals surface area contributed by atoms with Gasteiger partial charge in [-0.3, -0.25) is 4.79 Å². The molecule has 1 unspecified atom stereocenters. The summed E-state index contributed by atoms with van der Waals surface area (Å²) >= 11 is 0. The van der Waals surface area contributed by atoms with Crippen molar-refractivity contribution < 1.29 is 9.53 Å². The second kappa shape index (κ2) is 6.76. The highest BCUT2D eigenvalue weighted by atomic mass is 16.5. The highest BCUT2D eigenvalue weighted by Gasteiger charge is 2.48. The van der Waals surface area contributed by atoms with Crippen molar-refractivity contribution in [1.29, 1.82) is 0 Å². The minimum Gasteiger partial charge on any atom is -0.383 e. The second-order valence-corrected chi connectivity index (χ2v) is 8.37. The molecule has 0 bridgehead atoms. The Morgan fingerprint density at radius 2 is 2.08 bits per heavy atom. The summed E-state index contributed by atoms with van der Waals surface area (Å²) in [5, 5.41) is 0. The Balaban J connectivity index is 1.47. The molecule has 1 spiro atoms. The summed E-state index contributed by atoms with van der Waals surface area (Å²) in [6.45, 7) is 3.95. The van der Waals surface area contributed by atoms with Gasteiger partial charge in [-0.15, -0.1) is 0 Å². The molecular formula is C20H31N3O2. The number of carbonyl (C=O) groups excluding carboxylic acids is 1. The molecule has 2 aliphatic heterocycles. The summed E-state index contributed by atoms with van der Waals surface area (Å²) in [5.41, 5.74) is 1.08. The molecule has 0 N–H and O–H groups in total. The van der Waals surface area contributed by atoms with Crippen LogP contribution in [0.5, 0.6) is 0 Å². The number of aryl methyl sites for hydroxylation is 1. The molecule has 3 fully saturated rings. The number of aromatic nitrogens is 1. The quantitative estimate of drug-likeness (QED) is 0.842. The molecule has 3 heterocycles. The monoisotopic (exact) mass is 345 g/mol. The van der Waals surface area contributed by atoms with Crippen LogP contribution in [0.4, 0.5) is 0 Å². The molecular weight excluding hydrogens is 314 g/mol. The number of ether oxygens (including phenoxy) is 1. The Kier molecular flexibility index (Phi) is 4.63. The molecule has 25 heavy (non-hydrogen) atoms. The molecule has 5 heteroatoms. The minimum atomic E-state index is 0.160. The Morgan fingerprint density at radius 3 is 2.64 bits per heavy atom. The smallest absolute Gasteiger partial charge is 0.270 e. The van der Waals surface area contributed by atoms with Gasteiger partial charge in [0.15, 0.2) is 0 Å². The van der Waals surface area contributed by atoms with Gasteiger partial charge in [0.2, 0.25) is 0 Å². The number of piperidine rings is 1. The third-order valence-electron chi connectivity index (χ3n) is 6.85. The van der Waals surface area contributed by atoms with Crippen molar-refractivity contribution in [2.24, 2.45) is 12.5 Å². The molecule has 1 aliphatic carbocycles. The molecule has 2 saturated heterocycles. The highest BCUT2D eigenvalue weighted by Crippen LogP contribution is 2.45. The van der Waals surface area contributed by atoms with E-state index in [0.29, 0.717) is 12.0 Å². The van der Waals surface area contributed by atoms with Crippen LogP contribution in [0.3, 0.4) is 0 Å². The first-order valence-electron chi connectivity index (χ1n) is 9.77. The third-order valence-corrected chi connectivity index (χ3v) is 6.85. The molecule has 0 radical (unpaired) electrons. The Hall–Kier alpha value is -1.33. The summed E-state index contributed by atoms with van der Waals surface area (Å²) in [6, 6.07) is 4.93. The van der Waals surface area contributed by atoms with E-state index in [1.807, 2.05) is 29.9 Å². The molecule has 138 valence electrons. The van der Waals surface area contributed by atoms with Crippen molar-refractivity contribution in [3.63, 3.8) is 0 Å². The number of hydrogen-bond acceptors (Lipinski definition) is 3. The lowest BCUT2D eigenvalue weighted by Gasteiger charge is -2.45.